The van der Waals surface area contributed by atoms with E-state index in [0.29, 0.717) is 45.0 Å². The molecule has 40 heavy (non-hydrogen) atoms. The molecule has 0 aromatic heterocycles. The summed E-state index contributed by atoms with van der Waals surface area (Å²) in [5.74, 6) is 0.467. The van der Waals surface area contributed by atoms with Crippen LogP contribution in [0.2, 0.25) is 10.0 Å². The number of hydrogen-bond acceptors (Lipinski definition) is 7. The molecule has 7 nitrogen and oxygen atoms in total. The molecular weight excluding hydrogens is 551 g/mol. The Kier molecular flexibility index (Phi) is 7.83. The van der Waals surface area contributed by atoms with Gasteiger partial charge in [-0.15, -0.1) is 0 Å². The maximum atomic E-state index is 12.6. The average Bonchev–Trinajstić information content (AvgIpc) is 2.96. The molecule has 0 bridgehead atoms. The number of methoxy groups -OCH3 is 1. The molecule has 1 aliphatic heterocycles. The molecule has 0 aliphatic carbocycles. The highest BCUT2D eigenvalue weighted by molar-refractivity contribution is 6.31. The molecule has 0 saturated carbocycles. The van der Waals surface area contributed by atoms with Crippen LogP contribution in [0.3, 0.4) is 0 Å². The Bertz CT molecular complexity index is 1660. The van der Waals surface area contributed by atoms with Crippen molar-refractivity contribution in [2.75, 3.05) is 7.11 Å². The van der Waals surface area contributed by atoms with Crippen molar-refractivity contribution in [1.29, 1.82) is 5.26 Å². The molecule has 5 rings (SSSR count). The van der Waals surface area contributed by atoms with E-state index in [1.54, 1.807) is 67.8 Å². The molecule has 0 fully saturated rings. The van der Waals surface area contributed by atoms with E-state index >= 15 is 0 Å². The van der Waals surface area contributed by atoms with Crippen molar-refractivity contribution in [1.82, 2.24) is 0 Å². The van der Waals surface area contributed by atoms with Gasteiger partial charge in [-0.25, -0.2) is 4.79 Å². The molecule has 0 saturated heterocycles. The third-order valence-electron chi connectivity index (χ3n) is 6.29. The van der Waals surface area contributed by atoms with Gasteiger partial charge in [0.05, 0.1) is 18.6 Å². The first-order valence-corrected chi connectivity index (χ1v) is 12.9. The van der Waals surface area contributed by atoms with Gasteiger partial charge in [0, 0.05) is 21.7 Å². The van der Waals surface area contributed by atoms with E-state index in [2.05, 4.69) is 6.07 Å². The zero-order chi connectivity index (χ0) is 28.2. The smallest absolute Gasteiger partial charge is 0.343 e. The van der Waals surface area contributed by atoms with E-state index in [1.807, 2.05) is 18.2 Å². The molecule has 0 amide bonds. The number of rotatable bonds is 7. The van der Waals surface area contributed by atoms with Crippen LogP contribution in [0.1, 0.15) is 33.0 Å². The maximum absolute atomic E-state index is 12.6. The van der Waals surface area contributed by atoms with E-state index in [4.69, 9.17) is 47.9 Å². The monoisotopic (exact) mass is 572 g/mol. The summed E-state index contributed by atoms with van der Waals surface area (Å²) >= 11 is 12.0. The summed E-state index contributed by atoms with van der Waals surface area (Å²) in [6.07, 6.45) is 0. The first-order chi connectivity index (χ1) is 19.4. The lowest BCUT2D eigenvalue weighted by atomic mass is 9.83. The molecule has 0 spiro atoms. The first kappa shape index (κ1) is 26.9. The van der Waals surface area contributed by atoms with Crippen LogP contribution >= 0.6 is 23.2 Å². The molecule has 4 aromatic rings. The van der Waals surface area contributed by atoms with Crippen molar-refractivity contribution in [3.05, 3.63) is 129 Å². The highest BCUT2D eigenvalue weighted by atomic mass is 35.5. The quantitative estimate of drug-likeness (QED) is 0.187. The summed E-state index contributed by atoms with van der Waals surface area (Å²) in [7, 11) is 1.54. The van der Waals surface area contributed by atoms with Gasteiger partial charge in [-0.3, -0.25) is 0 Å². The largest absolute Gasteiger partial charge is 0.493 e. The Labute approximate surface area is 240 Å². The lowest BCUT2D eigenvalue weighted by Crippen LogP contribution is -2.21. The number of halogens is 2. The van der Waals surface area contributed by atoms with Crippen molar-refractivity contribution < 1.29 is 23.7 Å². The molecule has 4 aromatic carbocycles. The number of esters is 1. The molecule has 1 heterocycles. The Morgan fingerprint density at radius 3 is 2.50 bits per heavy atom. The number of nitrogens with zero attached hydrogens (tertiary/aromatic N) is 1. The summed E-state index contributed by atoms with van der Waals surface area (Å²) in [4.78, 5) is 12.6. The predicted molar refractivity (Wildman–Crippen MR) is 151 cm³/mol. The molecule has 1 atom stereocenters. The van der Waals surface area contributed by atoms with E-state index in [0.717, 1.165) is 11.1 Å². The number of allylic oxidation sites excluding steroid dienone is 1. The molecule has 200 valence electrons. The highest BCUT2D eigenvalue weighted by Crippen LogP contribution is 2.45. The molecule has 9 heteroatoms. The van der Waals surface area contributed by atoms with Crippen LogP contribution < -0.4 is 24.7 Å². The van der Waals surface area contributed by atoms with E-state index in [-0.39, 0.29) is 17.2 Å². The molecular formula is C31H22Cl2N2O5. The van der Waals surface area contributed by atoms with Crippen molar-refractivity contribution in [3.8, 4) is 29.1 Å². The topological polar surface area (TPSA) is 104 Å². The summed E-state index contributed by atoms with van der Waals surface area (Å²) in [5.41, 5.74) is 9.07. The molecule has 1 aliphatic rings. The highest BCUT2D eigenvalue weighted by Gasteiger charge is 2.32. The summed E-state index contributed by atoms with van der Waals surface area (Å²) < 4.78 is 22.9. The summed E-state index contributed by atoms with van der Waals surface area (Å²) in [6.45, 7) is 0.319. The SMILES string of the molecule is COc1cc(C2C(C#N)=C(N)Oc3cc(OC(=O)c4cccc(Cl)c4)ccc32)ccc1OCc1ccc(Cl)cc1. The van der Waals surface area contributed by atoms with E-state index < -0.39 is 11.9 Å². The predicted octanol–water partition coefficient (Wildman–Crippen LogP) is 7.02. The van der Waals surface area contributed by atoms with Gasteiger partial charge in [-0.2, -0.15) is 5.26 Å². The number of ether oxygens (including phenoxy) is 4. The lowest BCUT2D eigenvalue weighted by Gasteiger charge is -2.27. The van der Waals surface area contributed by atoms with Crippen molar-refractivity contribution >= 4 is 29.2 Å². The lowest BCUT2D eigenvalue weighted by molar-refractivity contribution is 0.0734. The molecule has 1 unspecified atom stereocenters. The number of benzene rings is 4. The van der Waals surface area contributed by atoms with Crippen molar-refractivity contribution in [2.24, 2.45) is 5.73 Å². The van der Waals surface area contributed by atoms with Gasteiger partial charge in [0.25, 0.3) is 0 Å². The second kappa shape index (κ2) is 11.6. The fourth-order valence-corrected chi connectivity index (χ4v) is 4.66. The number of nitriles is 1. The molecule has 2 N–H and O–H groups in total. The Balaban J connectivity index is 1.43. The number of carbonyl (C=O) groups is 1. The van der Waals surface area contributed by atoms with Crippen LogP contribution in [0.5, 0.6) is 23.0 Å². The number of fused-ring (bicyclic) bond motifs is 1. The van der Waals surface area contributed by atoms with Crippen molar-refractivity contribution in [3.63, 3.8) is 0 Å². The zero-order valence-corrected chi connectivity index (χ0v) is 22.7. The van der Waals surface area contributed by atoms with Gasteiger partial charge in [-0.05, 0) is 59.7 Å². The van der Waals surface area contributed by atoms with Crippen LogP contribution in [-0.4, -0.2) is 13.1 Å². The Morgan fingerprint density at radius 2 is 1.77 bits per heavy atom. The standard InChI is InChI=1S/C31H22Cl2N2O5/c1-37-28-14-19(7-12-26(28)38-17-18-5-8-21(32)9-6-18)29-24-11-10-23(15-27(24)40-30(35)25(29)16-34)39-31(36)20-3-2-4-22(33)13-20/h2-15,29H,17,35H2,1H3. The maximum Gasteiger partial charge on any atom is 0.343 e. The van der Waals surface area contributed by atoms with Crippen molar-refractivity contribution in [2.45, 2.75) is 12.5 Å². The fourth-order valence-electron chi connectivity index (χ4n) is 4.35. The molecule has 0 radical (unpaired) electrons. The summed E-state index contributed by atoms with van der Waals surface area (Å²) in [6, 6.07) is 26.4. The fraction of sp³-hybridized carbons (Fsp3) is 0.0968. The third kappa shape index (κ3) is 5.69. The van der Waals surface area contributed by atoms with Crippen LogP contribution in [0.25, 0.3) is 0 Å². The number of hydrogen-bond donors (Lipinski definition) is 1. The number of nitrogens with two attached hydrogens (primary N) is 1. The second-order valence-corrected chi connectivity index (χ2v) is 9.72. The van der Waals surface area contributed by atoms with Gasteiger partial charge in [0.2, 0.25) is 5.88 Å². The average molecular weight is 573 g/mol. The summed E-state index contributed by atoms with van der Waals surface area (Å²) in [5, 5.41) is 11.0. The van der Waals surface area contributed by atoms with E-state index in [9.17, 15) is 10.1 Å². The Hall–Kier alpha value is -4.64. The normalized spacial score (nSPS) is 14.0. The minimum absolute atomic E-state index is 0.0413. The Morgan fingerprint density at radius 1 is 0.975 bits per heavy atom. The van der Waals surface area contributed by atoms with Crippen LogP contribution in [0.15, 0.2) is 96.4 Å². The van der Waals surface area contributed by atoms with Gasteiger partial charge in [0.1, 0.15) is 29.7 Å². The first-order valence-electron chi connectivity index (χ1n) is 12.1. The van der Waals surface area contributed by atoms with E-state index in [1.165, 1.54) is 6.07 Å². The van der Waals surface area contributed by atoms with Gasteiger partial charge in [0.15, 0.2) is 11.5 Å². The second-order valence-electron chi connectivity index (χ2n) is 8.85. The van der Waals surface area contributed by atoms with Gasteiger partial charge >= 0.3 is 5.97 Å². The minimum Gasteiger partial charge on any atom is -0.493 e. The van der Waals surface area contributed by atoms with Crippen LogP contribution in [0.4, 0.5) is 0 Å². The third-order valence-corrected chi connectivity index (χ3v) is 6.78. The van der Waals surface area contributed by atoms with Crippen LogP contribution in [0, 0.1) is 11.3 Å². The van der Waals surface area contributed by atoms with Crippen LogP contribution in [-0.2, 0) is 6.61 Å². The zero-order valence-electron chi connectivity index (χ0n) is 21.2. The van der Waals surface area contributed by atoms with Gasteiger partial charge in [-0.1, -0.05) is 53.5 Å². The number of carbonyl (C=O) groups excluding carboxylic acids is 1. The van der Waals surface area contributed by atoms with Gasteiger partial charge < -0.3 is 24.7 Å². The minimum atomic E-state index is -0.574.